The van der Waals surface area contributed by atoms with E-state index < -0.39 is 5.82 Å². The Balaban J connectivity index is 1.69. The van der Waals surface area contributed by atoms with E-state index in [0.29, 0.717) is 22.4 Å². The van der Waals surface area contributed by atoms with Crippen LogP contribution in [0.3, 0.4) is 0 Å². The topological polar surface area (TPSA) is 62.9 Å². The van der Waals surface area contributed by atoms with Gasteiger partial charge in [0.25, 0.3) is 5.91 Å². The fourth-order valence-electron chi connectivity index (χ4n) is 3.35. The van der Waals surface area contributed by atoms with Crippen LogP contribution < -0.4 is 5.43 Å². The first-order valence-electron chi connectivity index (χ1n) is 9.34. The van der Waals surface area contributed by atoms with Crippen LogP contribution in [0.4, 0.5) is 4.39 Å². The largest absolute Gasteiger partial charge is 0.313 e. The molecular formula is C24H18FN3O2. The van der Waals surface area contributed by atoms with Crippen LogP contribution in [0.2, 0.25) is 0 Å². The summed E-state index contributed by atoms with van der Waals surface area (Å²) in [5.41, 5.74) is 6.08. The van der Waals surface area contributed by atoms with Gasteiger partial charge in [0.2, 0.25) is 5.78 Å². The van der Waals surface area contributed by atoms with E-state index in [1.54, 1.807) is 34.9 Å². The van der Waals surface area contributed by atoms with E-state index in [-0.39, 0.29) is 11.7 Å². The molecule has 0 saturated heterocycles. The van der Waals surface area contributed by atoms with E-state index >= 15 is 0 Å². The number of amides is 1. The number of nitrogens with zero attached hydrogens (tertiary/aromatic N) is 2. The Labute approximate surface area is 172 Å². The number of hydrazone groups is 1. The molecule has 0 fully saturated rings. The van der Waals surface area contributed by atoms with Gasteiger partial charge < -0.3 is 4.40 Å². The molecule has 2 aromatic heterocycles. The maximum Gasteiger partial charge on any atom is 0.271 e. The van der Waals surface area contributed by atoms with Crippen LogP contribution in [-0.4, -0.2) is 22.3 Å². The highest BCUT2D eigenvalue weighted by atomic mass is 19.1. The van der Waals surface area contributed by atoms with Gasteiger partial charge in [-0.2, -0.15) is 5.10 Å². The minimum atomic E-state index is -0.398. The number of carbonyl (C=O) groups is 2. The van der Waals surface area contributed by atoms with Crippen molar-refractivity contribution in [2.24, 2.45) is 5.10 Å². The quantitative estimate of drug-likeness (QED) is 0.308. The summed E-state index contributed by atoms with van der Waals surface area (Å²) < 4.78 is 15.0. The number of hydrogen-bond donors (Lipinski definition) is 1. The summed E-state index contributed by atoms with van der Waals surface area (Å²) in [5, 5.41) is 4.09. The number of halogens is 1. The molecule has 30 heavy (non-hydrogen) atoms. The van der Waals surface area contributed by atoms with E-state index in [0.717, 1.165) is 11.1 Å². The number of ketones is 1. The van der Waals surface area contributed by atoms with Crippen LogP contribution in [-0.2, 0) is 0 Å². The van der Waals surface area contributed by atoms with Gasteiger partial charge in [-0.1, -0.05) is 24.3 Å². The number of nitrogens with one attached hydrogen (secondary N) is 1. The summed E-state index contributed by atoms with van der Waals surface area (Å²) in [6, 6.07) is 19.8. The standard InChI is InChI=1S/C24H18FN3O2/c1-16-20(15-26-27-24(30)18-7-3-2-4-8-18)21-9-5-6-14-28(21)22(16)23(29)17-10-12-19(25)13-11-17/h2-15H,1H3,(H,27,30)/b26-15-. The first-order chi connectivity index (χ1) is 14.6. The number of benzene rings is 2. The third-order valence-electron chi connectivity index (χ3n) is 4.85. The molecule has 4 rings (SSSR count). The van der Waals surface area contributed by atoms with Crippen molar-refractivity contribution in [3.63, 3.8) is 0 Å². The molecule has 0 aliphatic heterocycles. The van der Waals surface area contributed by atoms with Crippen molar-refractivity contribution in [3.8, 4) is 0 Å². The van der Waals surface area contributed by atoms with Crippen molar-refractivity contribution in [1.29, 1.82) is 0 Å². The van der Waals surface area contributed by atoms with Crippen molar-refractivity contribution in [2.75, 3.05) is 0 Å². The number of rotatable bonds is 5. The Bertz CT molecular complexity index is 1260. The van der Waals surface area contributed by atoms with Gasteiger partial charge in [-0.05, 0) is 61.0 Å². The Morgan fingerprint density at radius 3 is 2.37 bits per heavy atom. The Morgan fingerprint density at radius 2 is 1.63 bits per heavy atom. The Hall–Kier alpha value is -4.06. The van der Waals surface area contributed by atoms with E-state index in [9.17, 15) is 14.0 Å². The third kappa shape index (κ3) is 3.63. The zero-order valence-electron chi connectivity index (χ0n) is 16.2. The summed E-state index contributed by atoms with van der Waals surface area (Å²) in [7, 11) is 0. The van der Waals surface area contributed by atoms with Gasteiger partial charge in [-0.3, -0.25) is 9.59 Å². The predicted octanol–water partition coefficient (Wildman–Crippen LogP) is 4.38. The van der Waals surface area contributed by atoms with Crippen molar-refractivity contribution in [3.05, 3.63) is 113 Å². The summed E-state index contributed by atoms with van der Waals surface area (Å²) in [4.78, 5) is 25.3. The van der Waals surface area contributed by atoms with Crippen LogP contribution in [0.1, 0.15) is 37.5 Å². The van der Waals surface area contributed by atoms with Crippen LogP contribution >= 0.6 is 0 Å². The molecule has 0 atom stereocenters. The van der Waals surface area contributed by atoms with Crippen molar-refractivity contribution in [1.82, 2.24) is 9.83 Å². The van der Waals surface area contributed by atoms with Gasteiger partial charge in [0.15, 0.2) is 0 Å². The second-order valence-corrected chi connectivity index (χ2v) is 6.74. The second kappa shape index (κ2) is 8.13. The highest BCUT2D eigenvalue weighted by Gasteiger charge is 2.20. The van der Waals surface area contributed by atoms with E-state index in [1.807, 2.05) is 31.2 Å². The molecule has 0 aliphatic rings. The Kier molecular flexibility index (Phi) is 5.22. The summed E-state index contributed by atoms with van der Waals surface area (Å²) >= 11 is 0. The lowest BCUT2D eigenvalue weighted by Gasteiger charge is -2.04. The SMILES string of the molecule is Cc1c(/C=N\NC(=O)c2ccccc2)c2ccccn2c1C(=O)c1ccc(F)cc1. The molecule has 0 aliphatic carbocycles. The van der Waals surface area contributed by atoms with Gasteiger partial charge in [0, 0.05) is 22.9 Å². The molecule has 1 N–H and O–H groups in total. The second-order valence-electron chi connectivity index (χ2n) is 6.74. The summed E-state index contributed by atoms with van der Waals surface area (Å²) in [6.07, 6.45) is 3.33. The number of carbonyl (C=O) groups excluding carboxylic acids is 2. The number of pyridine rings is 1. The van der Waals surface area contributed by atoms with E-state index in [1.165, 1.54) is 30.5 Å². The number of hydrogen-bond acceptors (Lipinski definition) is 3. The highest BCUT2D eigenvalue weighted by Crippen LogP contribution is 2.24. The van der Waals surface area contributed by atoms with Crippen LogP contribution in [0.25, 0.3) is 5.52 Å². The molecule has 0 bridgehead atoms. The molecular weight excluding hydrogens is 381 g/mol. The van der Waals surface area contributed by atoms with Crippen molar-refractivity contribution in [2.45, 2.75) is 6.92 Å². The summed E-state index contributed by atoms with van der Waals surface area (Å²) in [5.74, 6) is -0.942. The minimum Gasteiger partial charge on any atom is -0.313 e. The fraction of sp³-hybridized carbons (Fsp3) is 0.0417. The molecule has 2 aromatic carbocycles. The lowest BCUT2D eigenvalue weighted by atomic mass is 10.0. The highest BCUT2D eigenvalue weighted by molar-refractivity contribution is 6.12. The molecule has 0 radical (unpaired) electrons. The van der Waals surface area contributed by atoms with Crippen LogP contribution in [0.15, 0.2) is 84.1 Å². The van der Waals surface area contributed by atoms with Crippen molar-refractivity contribution >= 4 is 23.4 Å². The van der Waals surface area contributed by atoms with Crippen LogP contribution in [0.5, 0.6) is 0 Å². The normalized spacial score (nSPS) is 11.1. The monoisotopic (exact) mass is 399 g/mol. The molecule has 0 spiro atoms. The Morgan fingerprint density at radius 1 is 0.933 bits per heavy atom. The molecule has 1 amide bonds. The number of aromatic nitrogens is 1. The molecule has 4 aromatic rings. The molecule has 6 heteroatoms. The van der Waals surface area contributed by atoms with E-state index in [4.69, 9.17) is 0 Å². The lowest BCUT2D eigenvalue weighted by Crippen LogP contribution is -2.17. The van der Waals surface area contributed by atoms with Gasteiger partial charge in [0.05, 0.1) is 17.4 Å². The van der Waals surface area contributed by atoms with Gasteiger partial charge in [0.1, 0.15) is 5.82 Å². The minimum absolute atomic E-state index is 0.221. The first-order valence-corrected chi connectivity index (χ1v) is 9.34. The average molecular weight is 399 g/mol. The zero-order chi connectivity index (χ0) is 21.1. The lowest BCUT2D eigenvalue weighted by molar-refractivity contribution is 0.0954. The maximum absolute atomic E-state index is 13.2. The fourth-order valence-corrected chi connectivity index (χ4v) is 3.35. The van der Waals surface area contributed by atoms with Crippen molar-refractivity contribution < 1.29 is 14.0 Å². The smallest absolute Gasteiger partial charge is 0.271 e. The molecule has 2 heterocycles. The van der Waals surface area contributed by atoms with Gasteiger partial charge >= 0.3 is 0 Å². The molecule has 0 unspecified atom stereocenters. The van der Waals surface area contributed by atoms with Gasteiger partial charge in [-0.25, -0.2) is 9.82 Å². The average Bonchev–Trinajstić information content (AvgIpc) is 3.06. The van der Waals surface area contributed by atoms with Gasteiger partial charge in [-0.15, -0.1) is 0 Å². The summed E-state index contributed by atoms with van der Waals surface area (Å²) in [6.45, 7) is 1.82. The molecule has 148 valence electrons. The molecule has 5 nitrogen and oxygen atoms in total. The first kappa shape index (κ1) is 19.3. The molecule has 0 saturated carbocycles. The third-order valence-corrected chi connectivity index (χ3v) is 4.85. The van der Waals surface area contributed by atoms with E-state index in [2.05, 4.69) is 10.5 Å². The zero-order valence-corrected chi connectivity index (χ0v) is 16.2. The van der Waals surface area contributed by atoms with Crippen LogP contribution in [0, 0.1) is 12.7 Å². The number of fused-ring (bicyclic) bond motifs is 1. The predicted molar refractivity (Wildman–Crippen MR) is 113 cm³/mol. The maximum atomic E-state index is 13.2.